The number of likely N-dealkylation sites (tertiary alicyclic amines) is 1. The van der Waals surface area contributed by atoms with Crippen molar-refractivity contribution in [2.24, 2.45) is 5.92 Å². The molecule has 2 aromatic heterocycles. The fourth-order valence-electron chi connectivity index (χ4n) is 5.59. The van der Waals surface area contributed by atoms with Gasteiger partial charge in [-0.05, 0) is 51.0 Å². The number of aromatic nitrogens is 3. The Morgan fingerprint density at radius 1 is 1.09 bits per heavy atom. The maximum absolute atomic E-state index is 12.9. The topological polar surface area (TPSA) is 144 Å². The van der Waals surface area contributed by atoms with E-state index in [1.807, 2.05) is 10.3 Å². The molecule has 0 radical (unpaired) electrons. The lowest BCUT2D eigenvalue weighted by Gasteiger charge is -2.38. The minimum atomic E-state index is -0.163. The maximum Gasteiger partial charge on any atom is 0.223 e. The van der Waals surface area contributed by atoms with Gasteiger partial charge in [-0.1, -0.05) is 23.9 Å². The zero-order valence-electron chi connectivity index (χ0n) is 25.3. The Balaban J connectivity index is 1.10. The number of thiazole rings is 1. The van der Waals surface area contributed by atoms with Crippen LogP contribution in [-0.2, 0) is 21.8 Å². The molecule has 2 aliphatic rings. The van der Waals surface area contributed by atoms with Gasteiger partial charge >= 0.3 is 0 Å². The Bertz CT molecular complexity index is 1490. The number of carbonyl (C=O) groups is 2. The van der Waals surface area contributed by atoms with Crippen molar-refractivity contribution in [3.05, 3.63) is 45.9 Å². The van der Waals surface area contributed by atoms with Crippen LogP contribution in [-0.4, -0.2) is 94.3 Å². The average Bonchev–Trinajstić information content (AvgIpc) is 3.48. The maximum atomic E-state index is 12.9. The first-order valence-corrected chi connectivity index (χ1v) is 16.8. The van der Waals surface area contributed by atoms with Gasteiger partial charge in [-0.25, -0.2) is 15.0 Å². The number of carbonyl (C=O) groups excluding carboxylic acids is 2. The molecule has 4 heterocycles. The largest absolute Gasteiger partial charge is 0.382 e. The Kier molecular flexibility index (Phi) is 10.8. The normalized spacial score (nSPS) is 16.5. The number of rotatable bonds is 10. The standard InChI is InChI=1S/C31H39N9O2S2/c1-21(41)34-24-5-3-23(4-6-24)29-26(17-32)30(33)37-31(36-29)44-20-25-19-43-27(35-25)7-8-28(42)40-15-13-39(14-16-40)18-22-9-11-38(2)12-10-22/h3-6,19,22H,7-16,18,20H2,1-2H3,(H,34,41)(H2,33,36,37). The van der Waals surface area contributed by atoms with Crippen molar-refractivity contribution in [1.82, 2.24) is 29.7 Å². The number of piperidine rings is 1. The highest BCUT2D eigenvalue weighted by molar-refractivity contribution is 7.98. The predicted molar refractivity (Wildman–Crippen MR) is 174 cm³/mol. The van der Waals surface area contributed by atoms with Gasteiger partial charge < -0.3 is 20.9 Å². The molecule has 0 bridgehead atoms. The highest BCUT2D eigenvalue weighted by atomic mass is 32.2. The first-order valence-electron chi connectivity index (χ1n) is 15.0. The summed E-state index contributed by atoms with van der Waals surface area (Å²) in [7, 11) is 2.20. The summed E-state index contributed by atoms with van der Waals surface area (Å²) in [5, 5.41) is 15.8. The van der Waals surface area contributed by atoms with Gasteiger partial charge in [-0.3, -0.25) is 14.5 Å². The molecule has 0 atom stereocenters. The second-order valence-corrected chi connectivity index (χ2v) is 13.3. The number of nitrogens with one attached hydrogen (secondary N) is 1. The lowest BCUT2D eigenvalue weighted by molar-refractivity contribution is -0.133. The summed E-state index contributed by atoms with van der Waals surface area (Å²) >= 11 is 2.96. The van der Waals surface area contributed by atoms with E-state index < -0.39 is 0 Å². The zero-order chi connectivity index (χ0) is 31.1. The third kappa shape index (κ3) is 8.53. The van der Waals surface area contributed by atoms with E-state index in [0.717, 1.165) is 49.3 Å². The van der Waals surface area contributed by atoms with Crippen LogP contribution in [0, 0.1) is 17.2 Å². The molecule has 0 saturated carbocycles. The van der Waals surface area contributed by atoms with Crippen LogP contribution in [0.15, 0.2) is 34.8 Å². The van der Waals surface area contributed by atoms with Crippen LogP contribution in [0.5, 0.6) is 0 Å². The van der Waals surface area contributed by atoms with Crippen molar-refractivity contribution >= 4 is 46.4 Å². The summed E-state index contributed by atoms with van der Waals surface area (Å²) in [6.07, 6.45) is 3.64. The number of benzene rings is 1. The highest BCUT2D eigenvalue weighted by Gasteiger charge is 2.25. The number of nitrogen functional groups attached to an aromatic ring is 1. The molecule has 11 nitrogen and oxygen atoms in total. The lowest BCUT2D eigenvalue weighted by Crippen LogP contribution is -2.50. The fraction of sp³-hybridized carbons (Fsp3) is 0.484. The Morgan fingerprint density at radius 2 is 1.82 bits per heavy atom. The minimum absolute atomic E-state index is 0.117. The number of hydrogen-bond donors (Lipinski definition) is 2. The van der Waals surface area contributed by atoms with Gasteiger partial charge in [0.05, 0.1) is 16.4 Å². The van der Waals surface area contributed by atoms with E-state index in [4.69, 9.17) is 10.7 Å². The monoisotopic (exact) mass is 633 g/mol. The number of anilines is 2. The van der Waals surface area contributed by atoms with Crippen LogP contribution < -0.4 is 11.1 Å². The summed E-state index contributed by atoms with van der Waals surface area (Å²) in [6, 6.07) is 9.18. The highest BCUT2D eigenvalue weighted by Crippen LogP contribution is 2.30. The van der Waals surface area contributed by atoms with Crippen LogP contribution in [0.4, 0.5) is 11.5 Å². The fourth-order valence-corrected chi connectivity index (χ4v) is 7.23. The number of nitriles is 1. The van der Waals surface area contributed by atoms with Gasteiger partial charge in [0, 0.05) is 74.9 Å². The smallest absolute Gasteiger partial charge is 0.223 e. The molecule has 0 spiro atoms. The van der Waals surface area contributed by atoms with Crippen molar-refractivity contribution in [1.29, 1.82) is 5.26 Å². The predicted octanol–water partition coefficient (Wildman–Crippen LogP) is 3.72. The van der Waals surface area contributed by atoms with Gasteiger partial charge in [0.25, 0.3) is 0 Å². The quantitative estimate of drug-likeness (QED) is 0.250. The van der Waals surface area contributed by atoms with Crippen molar-refractivity contribution in [3.8, 4) is 17.3 Å². The summed E-state index contributed by atoms with van der Waals surface area (Å²) in [5.41, 5.74) is 9.01. The first kappa shape index (κ1) is 31.8. The molecule has 2 saturated heterocycles. The van der Waals surface area contributed by atoms with Gasteiger partial charge in [0.15, 0.2) is 5.16 Å². The molecule has 3 N–H and O–H groups in total. The number of piperazine rings is 1. The number of nitrogens with two attached hydrogens (primary N) is 1. The number of thioether (sulfide) groups is 1. The van der Waals surface area contributed by atoms with Crippen molar-refractivity contribution in [3.63, 3.8) is 0 Å². The number of aryl methyl sites for hydroxylation is 1. The average molecular weight is 634 g/mol. The molecule has 2 amide bonds. The van der Waals surface area contributed by atoms with E-state index in [2.05, 4.69) is 38.2 Å². The number of hydrogen-bond acceptors (Lipinski definition) is 11. The van der Waals surface area contributed by atoms with Crippen molar-refractivity contribution in [2.45, 2.75) is 43.5 Å². The van der Waals surface area contributed by atoms with E-state index in [9.17, 15) is 14.9 Å². The molecular formula is C31H39N9O2S2. The molecule has 2 fully saturated rings. The molecule has 1 aromatic carbocycles. The molecule has 2 aliphatic heterocycles. The van der Waals surface area contributed by atoms with Gasteiger partial charge in [0.1, 0.15) is 17.5 Å². The number of nitrogens with zero attached hydrogens (tertiary/aromatic N) is 7. The number of amides is 2. The summed E-state index contributed by atoms with van der Waals surface area (Å²) in [4.78, 5) is 44.9. The van der Waals surface area contributed by atoms with E-state index in [1.165, 1.54) is 44.6 Å². The molecule has 13 heteroatoms. The SMILES string of the molecule is CC(=O)Nc1ccc(-c2nc(SCc3csc(CCC(=O)N4CCN(CC5CCN(C)CC5)CC4)n3)nc(N)c2C#N)cc1. The minimum Gasteiger partial charge on any atom is -0.382 e. The van der Waals surface area contributed by atoms with Crippen LogP contribution in [0.2, 0.25) is 0 Å². The van der Waals surface area contributed by atoms with Crippen molar-refractivity contribution in [2.75, 3.05) is 63.9 Å². The Hall–Kier alpha value is -3.57. The third-order valence-electron chi connectivity index (χ3n) is 8.09. The summed E-state index contributed by atoms with van der Waals surface area (Å²) in [6.45, 7) is 8.52. The molecule has 232 valence electrons. The lowest BCUT2D eigenvalue weighted by atomic mass is 9.96. The molecular weight excluding hydrogens is 595 g/mol. The van der Waals surface area contributed by atoms with E-state index >= 15 is 0 Å². The van der Waals surface area contributed by atoms with Crippen LogP contribution >= 0.6 is 23.1 Å². The zero-order valence-corrected chi connectivity index (χ0v) is 26.9. The van der Waals surface area contributed by atoms with Crippen LogP contribution in [0.3, 0.4) is 0 Å². The first-order chi connectivity index (χ1) is 21.3. The molecule has 0 aliphatic carbocycles. The van der Waals surface area contributed by atoms with Gasteiger partial charge in [-0.15, -0.1) is 11.3 Å². The molecule has 3 aromatic rings. The summed E-state index contributed by atoms with van der Waals surface area (Å²) in [5.74, 6) is 1.48. The van der Waals surface area contributed by atoms with E-state index in [-0.39, 0.29) is 23.2 Å². The molecule has 0 unspecified atom stereocenters. The van der Waals surface area contributed by atoms with Gasteiger partial charge in [0.2, 0.25) is 11.8 Å². The molecule has 44 heavy (non-hydrogen) atoms. The van der Waals surface area contributed by atoms with Crippen LogP contribution in [0.25, 0.3) is 11.3 Å². The second-order valence-electron chi connectivity index (χ2n) is 11.4. The Labute approximate surface area is 266 Å². The van der Waals surface area contributed by atoms with E-state index in [0.29, 0.717) is 40.7 Å². The van der Waals surface area contributed by atoms with Crippen molar-refractivity contribution < 1.29 is 9.59 Å². The van der Waals surface area contributed by atoms with E-state index in [1.54, 1.807) is 35.6 Å². The Morgan fingerprint density at radius 3 is 2.50 bits per heavy atom. The van der Waals surface area contributed by atoms with Crippen LogP contribution in [0.1, 0.15) is 42.5 Å². The molecule has 5 rings (SSSR count). The second kappa shape index (κ2) is 14.9. The third-order valence-corrected chi connectivity index (χ3v) is 9.93. The van der Waals surface area contributed by atoms with Gasteiger partial charge in [-0.2, -0.15) is 5.26 Å². The summed E-state index contributed by atoms with van der Waals surface area (Å²) < 4.78 is 0.